The van der Waals surface area contributed by atoms with E-state index in [1.54, 1.807) is 12.1 Å². The Balaban J connectivity index is 1.43. The molecule has 0 unspecified atom stereocenters. The van der Waals surface area contributed by atoms with E-state index in [1.807, 2.05) is 38.1 Å². The topological polar surface area (TPSA) is 83.0 Å². The summed E-state index contributed by atoms with van der Waals surface area (Å²) in [6.45, 7) is 4.93. The Kier molecular flexibility index (Phi) is 6.18. The van der Waals surface area contributed by atoms with Crippen LogP contribution in [0.1, 0.15) is 36.0 Å². The maximum Gasteiger partial charge on any atom is 0.238 e. The van der Waals surface area contributed by atoms with Crippen molar-refractivity contribution in [3.05, 3.63) is 71.4 Å². The van der Waals surface area contributed by atoms with E-state index in [4.69, 9.17) is 4.98 Å². The molecule has 1 aliphatic rings. The number of pyridine rings is 1. The molecular weight excluding hydrogens is 395 g/mol. The second-order valence-electron chi connectivity index (χ2n) is 7.73. The Morgan fingerprint density at radius 3 is 2.58 bits per heavy atom. The first-order valence-electron chi connectivity index (χ1n) is 10.3. The van der Waals surface area contributed by atoms with Crippen LogP contribution < -0.4 is 10.6 Å². The summed E-state index contributed by atoms with van der Waals surface area (Å²) in [5.41, 5.74) is 3.27. The fourth-order valence-corrected chi connectivity index (χ4v) is 3.87. The maximum absolute atomic E-state index is 13.1. The van der Waals surface area contributed by atoms with Crippen molar-refractivity contribution in [2.45, 2.75) is 32.7 Å². The molecule has 1 fully saturated rings. The molecule has 7 nitrogen and oxygen atoms in total. The zero-order valence-electron chi connectivity index (χ0n) is 17.6. The van der Waals surface area contributed by atoms with Gasteiger partial charge in [0.1, 0.15) is 11.6 Å². The third-order valence-electron chi connectivity index (χ3n) is 5.17. The average molecular weight is 420 g/mol. The first kappa shape index (κ1) is 20.9. The van der Waals surface area contributed by atoms with Crippen molar-refractivity contribution in [1.29, 1.82) is 0 Å². The number of benzene rings is 1. The SMILES string of the molecule is Cc1cc(C)nc(Nc2cccc([C@H]3CCCN3CC(=O)Nc3ccc(F)cc3)n2)n1. The molecule has 1 aliphatic heterocycles. The predicted molar refractivity (Wildman–Crippen MR) is 118 cm³/mol. The standard InChI is InChI=1S/C23H25FN6O/c1-15-13-16(2)26-23(25-15)29-21-7-3-5-19(28-21)20-6-4-12-30(20)14-22(31)27-18-10-8-17(24)9-11-18/h3,5,7-11,13,20H,4,6,12,14H2,1-2H3,(H,27,31)(H,25,26,28,29)/t20-/m1/s1. The Labute approximate surface area is 180 Å². The first-order valence-corrected chi connectivity index (χ1v) is 10.3. The van der Waals surface area contributed by atoms with Gasteiger partial charge in [-0.2, -0.15) is 0 Å². The molecule has 2 N–H and O–H groups in total. The van der Waals surface area contributed by atoms with Gasteiger partial charge in [-0.3, -0.25) is 9.69 Å². The van der Waals surface area contributed by atoms with E-state index in [0.717, 1.165) is 36.5 Å². The monoisotopic (exact) mass is 420 g/mol. The number of halogens is 1. The highest BCUT2D eigenvalue weighted by atomic mass is 19.1. The summed E-state index contributed by atoms with van der Waals surface area (Å²) in [5.74, 6) is 0.731. The minimum absolute atomic E-state index is 0.0564. The summed E-state index contributed by atoms with van der Waals surface area (Å²) in [6, 6.07) is 13.6. The van der Waals surface area contributed by atoms with Crippen molar-refractivity contribution in [3.8, 4) is 0 Å². The summed E-state index contributed by atoms with van der Waals surface area (Å²) in [5, 5.41) is 6.01. The number of carbonyl (C=O) groups excluding carboxylic acids is 1. The van der Waals surface area contributed by atoms with Crippen LogP contribution in [0, 0.1) is 19.7 Å². The Morgan fingerprint density at radius 1 is 1.10 bits per heavy atom. The van der Waals surface area contributed by atoms with Crippen LogP contribution in [0.25, 0.3) is 0 Å². The van der Waals surface area contributed by atoms with Crippen molar-refractivity contribution in [1.82, 2.24) is 19.9 Å². The molecule has 3 heterocycles. The van der Waals surface area contributed by atoms with Crippen LogP contribution in [0.2, 0.25) is 0 Å². The molecule has 1 saturated heterocycles. The summed E-state index contributed by atoms with van der Waals surface area (Å²) in [7, 11) is 0. The second-order valence-corrected chi connectivity index (χ2v) is 7.73. The van der Waals surface area contributed by atoms with Gasteiger partial charge in [-0.25, -0.2) is 19.3 Å². The number of carbonyl (C=O) groups is 1. The maximum atomic E-state index is 13.1. The lowest BCUT2D eigenvalue weighted by atomic mass is 10.1. The molecule has 0 spiro atoms. The van der Waals surface area contributed by atoms with Crippen LogP contribution in [-0.4, -0.2) is 38.8 Å². The van der Waals surface area contributed by atoms with Crippen LogP contribution in [0.15, 0.2) is 48.5 Å². The van der Waals surface area contributed by atoms with Crippen molar-refractivity contribution in [2.75, 3.05) is 23.7 Å². The second kappa shape index (κ2) is 9.18. The predicted octanol–water partition coefficient (Wildman–Crippen LogP) is 4.15. The van der Waals surface area contributed by atoms with Gasteiger partial charge in [0.05, 0.1) is 18.3 Å². The minimum atomic E-state index is -0.330. The van der Waals surface area contributed by atoms with Gasteiger partial charge in [0.15, 0.2) is 0 Å². The Bertz CT molecular complexity index is 1050. The van der Waals surface area contributed by atoms with Gasteiger partial charge < -0.3 is 10.6 Å². The highest BCUT2D eigenvalue weighted by Gasteiger charge is 2.28. The van der Waals surface area contributed by atoms with Gasteiger partial charge in [-0.1, -0.05) is 6.07 Å². The molecule has 160 valence electrons. The van der Waals surface area contributed by atoms with Gasteiger partial charge in [0.2, 0.25) is 11.9 Å². The zero-order chi connectivity index (χ0) is 21.8. The van der Waals surface area contributed by atoms with E-state index in [-0.39, 0.29) is 24.3 Å². The molecule has 1 atom stereocenters. The Hall–Kier alpha value is -3.39. The molecule has 2 aromatic heterocycles. The number of aromatic nitrogens is 3. The largest absolute Gasteiger partial charge is 0.325 e. The van der Waals surface area contributed by atoms with Gasteiger partial charge in [-0.05, 0) is 75.7 Å². The molecule has 0 aliphatic carbocycles. The number of likely N-dealkylation sites (tertiary alicyclic amines) is 1. The van der Waals surface area contributed by atoms with Crippen LogP contribution in [0.3, 0.4) is 0 Å². The highest BCUT2D eigenvalue weighted by Crippen LogP contribution is 2.31. The number of amides is 1. The van der Waals surface area contributed by atoms with Gasteiger partial charge in [-0.15, -0.1) is 0 Å². The third kappa shape index (κ3) is 5.40. The number of nitrogens with one attached hydrogen (secondary N) is 2. The third-order valence-corrected chi connectivity index (χ3v) is 5.17. The zero-order valence-corrected chi connectivity index (χ0v) is 17.6. The van der Waals surface area contributed by atoms with Crippen LogP contribution in [-0.2, 0) is 4.79 Å². The number of anilines is 3. The first-order chi connectivity index (χ1) is 15.0. The molecule has 0 saturated carbocycles. The molecular formula is C23H25FN6O. The van der Waals surface area contributed by atoms with Gasteiger partial charge >= 0.3 is 0 Å². The summed E-state index contributed by atoms with van der Waals surface area (Å²) < 4.78 is 13.1. The average Bonchev–Trinajstić information content (AvgIpc) is 3.17. The summed E-state index contributed by atoms with van der Waals surface area (Å²) in [4.78, 5) is 28.2. The molecule has 0 radical (unpaired) electrons. The number of hydrogen-bond donors (Lipinski definition) is 2. The van der Waals surface area contributed by atoms with E-state index in [1.165, 1.54) is 12.1 Å². The van der Waals surface area contributed by atoms with Crippen molar-refractivity contribution >= 4 is 23.4 Å². The van der Waals surface area contributed by atoms with Crippen LogP contribution >= 0.6 is 0 Å². The number of rotatable bonds is 6. The van der Waals surface area contributed by atoms with E-state index in [0.29, 0.717) is 17.5 Å². The van der Waals surface area contributed by atoms with Crippen molar-refractivity contribution in [2.24, 2.45) is 0 Å². The van der Waals surface area contributed by atoms with Crippen LogP contribution in [0.5, 0.6) is 0 Å². The fraction of sp³-hybridized carbons (Fsp3) is 0.304. The van der Waals surface area contributed by atoms with Crippen molar-refractivity contribution < 1.29 is 9.18 Å². The normalized spacial score (nSPS) is 16.3. The Morgan fingerprint density at radius 2 is 1.84 bits per heavy atom. The lowest BCUT2D eigenvalue weighted by molar-refractivity contribution is -0.117. The molecule has 1 amide bonds. The van der Waals surface area contributed by atoms with Gasteiger partial charge in [0, 0.05) is 17.1 Å². The molecule has 3 aromatic rings. The number of nitrogens with zero attached hydrogens (tertiary/aromatic N) is 4. The summed E-state index contributed by atoms with van der Waals surface area (Å²) >= 11 is 0. The minimum Gasteiger partial charge on any atom is -0.325 e. The molecule has 0 bridgehead atoms. The highest BCUT2D eigenvalue weighted by molar-refractivity contribution is 5.92. The molecule has 4 rings (SSSR count). The van der Waals surface area contributed by atoms with E-state index in [9.17, 15) is 9.18 Å². The lowest BCUT2D eigenvalue weighted by Gasteiger charge is -2.23. The molecule has 31 heavy (non-hydrogen) atoms. The van der Waals surface area contributed by atoms with E-state index >= 15 is 0 Å². The van der Waals surface area contributed by atoms with Crippen molar-refractivity contribution in [3.63, 3.8) is 0 Å². The smallest absolute Gasteiger partial charge is 0.238 e. The fourth-order valence-electron chi connectivity index (χ4n) is 3.87. The quantitative estimate of drug-likeness (QED) is 0.623. The molecule has 1 aromatic carbocycles. The number of aryl methyl sites for hydroxylation is 2. The number of hydrogen-bond acceptors (Lipinski definition) is 6. The summed E-state index contributed by atoms with van der Waals surface area (Å²) in [6.07, 6.45) is 1.92. The molecule has 8 heteroatoms. The van der Waals surface area contributed by atoms with Crippen LogP contribution in [0.4, 0.5) is 21.8 Å². The lowest BCUT2D eigenvalue weighted by Crippen LogP contribution is -2.33. The van der Waals surface area contributed by atoms with E-state index < -0.39 is 0 Å². The van der Waals surface area contributed by atoms with E-state index in [2.05, 4.69) is 25.5 Å². The van der Waals surface area contributed by atoms with Gasteiger partial charge in [0.25, 0.3) is 0 Å².